The Morgan fingerprint density at radius 3 is 2.53 bits per heavy atom. The molecule has 0 aromatic heterocycles. The Morgan fingerprint density at radius 2 is 2.00 bits per heavy atom. The second-order valence-corrected chi connectivity index (χ2v) is 5.68. The maximum atomic E-state index is 11.7. The number of hydrogen-bond donors (Lipinski definition) is 2. The van der Waals surface area contributed by atoms with Crippen LogP contribution in [0, 0.1) is 0 Å². The van der Waals surface area contributed by atoms with Gasteiger partial charge in [-0.1, -0.05) is 12.1 Å². The molecule has 0 saturated heterocycles. The predicted molar refractivity (Wildman–Crippen MR) is 75.4 cm³/mol. The number of anilines is 1. The van der Waals surface area contributed by atoms with Crippen molar-refractivity contribution in [1.29, 1.82) is 0 Å². The lowest BCUT2D eigenvalue weighted by Crippen LogP contribution is -2.27. The third-order valence-electron chi connectivity index (χ3n) is 2.24. The number of hydrogen-bond acceptors (Lipinski definition) is 4. The van der Waals surface area contributed by atoms with Crippen LogP contribution in [-0.4, -0.2) is 35.8 Å². The molecule has 2 N–H and O–H groups in total. The molecule has 0 saturated carbocycles. The second-order valence-electron chi connectivity index (χ2n) is 5.68. The Hall–Kier alpha value is -1.75. The van der Waals surface area contributed by atoms with E-state index >= 15 is 0 Å². The zero-order valence-corrected chi connectivity index (χ0v) is 12.2. The normalized spacial score (nSPS) is 11.5. The summed E-state index contributed by atoms with van der Waals surface area (Å²) >= 11 is 0. The van der Waals surface area contributed by atoms with Crippen molar-refractivity contribution in [3.8, 4) is 5.75 Å². The lowest BCUT2D eigenvalue weighted by Gasteiger charge is -2.20. The number of phenolic OH excluding ortho intramolecular Hbond substituents is 1. The number of carbonyl (C=O) groups excluding carboxylic acids is 1. The van der Waals surface area contributed by atoms with E-state index in [1.807, 2.05) is 25.1 Å². The summed E-state index contributed by atoms with van der Waals surface area (Å²) in [5.41, 5.74) is 0.535. The molecule has 19 heavy (non-hydrogen) atoms. The van der Waals surface area contributed by atoms with Gasteiger partial charge in [-0.25, -0.2) is 4.79 Å². The van der Waals surface area contributed by atoms with E-state index in [1.165, 1.54) is 0 Å². The molecule has 0 spiro atoms. The van der Waals surface area contributed by atoms with Crippen molar-refractivity contribution in [3.63, 3.8) is 0 Å². The second kappa shape index (κ2) is 5.93. The Kier molecular flexibility index (Phi) is 4.78. The largest absolute Gasteiger partial charge is 0.505 e. The number of nitrogens with one attached hydrogen (secondary N) is 1. The highest BCUT2D eigenvalue weighted by Crippen LogP contribution is 2.28. The van der Waals surface area contributed by atoms with Crippen LogP contribution in [0.3, 0.4) is 0 Å². The topological polar surface area (TPSA) is 61.8 Å². The first-order valence-electron chi connectivity index (χ1n) is 6.14. The van der Waals surface area contributed by atoms with Crippen molar-refractivity contribution < 1.29 is 14.6 Å². The summed E-state index contributed by atoms with van der Waals surface area (Å²) in [4.78, 5) is 13.6. The average molecular weight is 266 g/mol. The molecule has 1 aromatic carbocycles. The molecule has 1 rings (SSSR count). The third kappa shape index (κ3) is 5.18. The zero-order valence-electron chi connectivity index (χ0n) is 12.2. The minimum atomic E-state index is -0.579. The molecule has 0 unspecified atom stereocenters. The Labute approximate surface area is 114 Å². The van der Waals surface area contributed by atoms with Crippen LogP contribution >= 0.6 is 0 Å². The number of para-hydroxylation sites is 1. The summed E-state index contributed by atoms with van der Waals surface area (Å²) < 4.78 is 5.15. The van der Waals surface area contributed by atoms with Crippen LogP contribution in [0.2, 0.25) is 0 Å². The first kappa shape index (κ1) is 15.3. The number of ether oxygens (including phenoxy) is 1. The van der Waals surface area contributed by atoms with Crippen molar-refractivity contribution in [2.24, 2.45) is 0 Å². The van der Waals surface area contributed by atoms with E-state index in [0.717, 1.165) is 5.56 Å². The molecule has 5 heteroatoms. The van der Waals surface area contributed by atoms with Crippen LogP contribution in [0.5, 0.6) is 5.75 Å². The summed E-state index contributed by atoms with van der Waals surface area (Å²) in [5, 5.41) is 12.6. The first-order chi connectivity index (χ1) is 8.69. The summed E-state index contributed by atoms with van der Waals surface area (Å²) in [7, 11) is 3.82. The van der Waals surface area contributed by atoms with E-state index in [1.54, 1.807) is 32.9 Å². The molecule has 0 aliphatic rings. The Bertz CT molecular complexity index is 450. The van der Waals surface area contributed by atoms with Crippen LogP contribution < -0.4 is 5.32 Å². The van der Waals surface area contributed by atoms with Gasteiger partial charge in [0.05, 0.1) is 5.69 Å². The molecule has 0 aliphatic heterocycles. The van der Waals surface area contributed by atoms with Crippen LogP contribution in [0.1, 0.15) is 26.3 Å². The molecule has 0 radical (unpaired) electrons. The number of phenols is 1. The molecule has 106 valence electrons. The van der Waals surface area contributed by atoms with E-state index in [-0.39, 0.29) is 5.75 Å². The Balaban J connectivity index is 2.82. The third-order valence-corrected chi connectivity index (χ3v) is 2.24. The van der Waals surface area contributed by atoms with Gasteiger partial charge >= 0.3 is 6.09 Å². The minimum absolute atomic E-state index is 0.0714. The number of carbonyl (C=O) groups is 1. The zero-order chi connectivity index (χ0) is 14.6. The summed E-state index contributed by atoms with van der Waals surface area (Å²) in [6.07, 6.45) is -0.579. The van der Waals surface area contributed by atoms with Gasteiger partial charge in [0.15, 0.2) is 0 Å². The quantitative estimate of drug-likeness (QED) is 0.826. The van der Waals surface area contributed by atoms with Crippen LogP contribution in [0.4, 0.5) is 10.5 Å². The number of aromatic hydroxyl groups is 1. The van der Waals surface area contributed by atoms with Crippen molar-refractivity contribution in [3.05, 3.63) is 23.8 Å². The predicted octanol–water partition coefficient (Wildman–Crippen LogP) is 2.80. The fraction of sp³-hybridized carbons (Fsp3) is 0.500. The molecule has 1 amide bonds. The van der Waals surface area contributed by atoms with E-state index in [9.17, 15) is 9.90 Å². The molecule has 0 atom stereocenters. The summed E-state index contributed by atoms with van der Waals surface area (Å²) in [5.74, 6) is 0.0714. The van der Waals surface area contributed by atoms with Crippen LogP contribution in [0.25, 0.3) is 0 Å². The standard InChI is InChI=1S/C14H22N2O3/c1-14(2,3)19-13(18)15-11-8-6-7-10(12(11)17)9-16(4)5/h6-8,17H,9H2,1-5H3,(H,15,18). The van der Waals surface area contributed by atoms with Crippen molar-refractivity contribution in [1.82, 2.24) is 4.90 Å². The van der Waals surface area contributed by atoms with E-state index in [4.69, 9.17) is 4.74 Å². The van der Waals surface area contributed by atoms with Gasteiger partial charge in [-0.15, -0.1) is 0 Å². The molecule has 0 bridgehead atoms. The first-order valence-corrected chi connectivity index (χ1v) is 6.14. The van der Waals surface area contributed by atoms with Crippen molar-refractivity contribution in [2.75, 3.05) is 19.4 Å². The average Bonchev–Trinajstić information content (AvgIpc) is 2.20. The van der Waals surface area contributed by atoms with Gasteiger partial charge in [0.25, 0.3) is 0 Å². The van der Waals surface area contributed by atoms with Crippen molar-refractivity contribution in [2.45, 2.75) is 32.9 Å². The van der Waals surface area contributed by atoms with Crippen LogP contribution in [-0.2, 0) is 11.3 Å². The van der Waals surface area contributed by atoms with Crippen molar-refractivity contribution >= 4 is 11.8 Å². The highest BCUT2D eigenvalue weighted by Gasteiger charge is 2.17. The monoisotopic (exact) mass is 266 g/mol. The van der Waals surface area contributed by atoms with Gasteiger partial charge in [-0.3, -0.25) is 5.32 Å². The molecule has 0 aliphatic carbocycles. The lowest BCUT2D eigenvalue weighted by atomic mass is 10.1. The lowest BCUT2D eigenvalue weighted by molar-refractivity contribution is 0.0635. The maximum absolute atomic E-state index is 11.7. The van der Waals surface area contributed by atoms with Gasteiger partial charge in [0.1, 0.15) is 11.4 Å². The number of rotatable bonds is 3. The minimum Gasteiger partial charge on any atom is -0.505 e. The highest BCUT2D eigenvalue weighted by molar-refractivity contribution is 5.87. The van der Waals surface area contributed by atoms with Gasteiger partial charge in [-0.05, 0) is 40.9 Å². The molecule has 5 nitrogen and oxygen atoms in total. The van der Waals surface area contributed by atoms with E-state index < -0.39 is 11.7 Å². The number of benzene rings is 1. The van der Waals surface area contributed by atoms with E-state index in [0.29, 0.717) is 12.2 Å². The van der Waals surface area contributed by atoms with Crippen LogP contribution in [0.15, 0.2) is 18.2 Å². The number of amides is 1. The summed E-state index contributed by atoms with van der Waals surface area (Å²) in [6, 6.07) is 5.24. The molecule has 1 aromatic rings. The Morgan fingerprint density at radius 1 is 1.37 bits per heavy atom. The van der Waals surface area contributed by atoms with Gasteiger partial charge in [0, 0.05) is 12.1 Å². The summed E-state index contributed by atoms with van der Waals surface area (Å²) in [6.45, 7) is 5.95. The van der Waals surface area contributed by atoms with E-state index in [2.05, 4.69) is 5.32 Å². The van der Waals surface area contributed by atoms with Gasteiger partial charge in [-0.2, -0.15) is 0 Å². The molecular weight excluding hydrogens is 244 g/mol. The molecule has 0 heterocycles. The fourth-order valence-electron chi connectivity index (χ4n) is 1.57. The molecule has 0 fully saturated rings. The van der Waals surface area contributed by atoms with Gasteiger partial charge in [0.2, 0.25) is 0 Å². The highest BCUT2D eigenvalue weighted by atomic mass is 16.6. The smallest absolute Gasteiger partial charge is 0.412 e. The SMILES string of the molecule is CN(C)Cc1cccc(NC(=O)OC(C)(C)C)c1O. The molecular formula is C14H22N2O3. The maximum Gasteiger partial charge on any atom is 0.412 e. The fourth-order valence-corrected chi connectivity index (χ4v) is 1.57. The van der Waals surface area contributed by atoms with Gasteiger partial charge < -0.3 is 14.7 Å². The number of nitrogens with zero attached hydrogens (tertiary/aromatic N) is 1.